The molecule has 3 aromatic rings. The van der Waals surface area contributed by atoms with Crippen LogP contribution in [0.25, 0.3) is 5.52 Å². The Bertz CT molecular complexity index is 976. The zero-order chi connectivity index (χ0) is 18.0. The van der Waals surface area contributed by atoms with E-state index in [1.165, 1.54) is 21.4 Å². The summed E-state index contributed by atoms with van der Waals surface area (Å²) < 4.78 is 12.9. The number of aromatic nitrogens is 3. The average Bonchev–Trinajstić information content (AvgIpc) is 2.88. The van der Waals surface area contributed by atoms with Gasteiger partial charge in [-0.2, -0.15) is 0 Å². The zero-order valence-corrected chi connectivity index (χ0v) is 14.5. The van der Waals surface area contributed by atoms with E-state index in [-0.39, 0.29) is 24.0 Å². The Morgan fingerprint density at radius 1 is 1.28 bits per heavy atom. The van der Waals surface area contributed by atoms with Crippen molar-refractivity contribution in [1.82, 2.24) is 14.0 Å². The van der Waals surface area contributed by atoms with Crippen molar-refractivity contribution in [1.29, 1.82) is 0 Å². The van der Waals surface area contributed by atoms with E-state index >= 15 is 0 Å². The van der Waals surface area contributed by atoms with Crippen molar-refractivity contribution >= 4 is 23.1 Å². The number of halogens is 1. The molecule has 0 aliphatic rings. The third-order valence-electron chi connectivity index (χ3n) is 3.72. The average molecular weight is 362 g/mol. The Balaban J connectivity index is 2.14. The number of fused-ring (bicyclic) bond motifs is 1. The van der Waals surface area contributed by atoms with E-state index in [0.717, 1.165) is 5.56 Å². The van der Waals surface area contributed by atoms with Gasteiger partial charge in [-0.15, -0.1) is 0 Å². The largest absolute Gasteiger partial charge is 0.497 e. The molecule has 130 valence electrons. The van der Waals surface area contributed by atoms with Gasteiger partial charge in [0.15, 0.2) is 5.69 Å². The van der Waals surface area contributed by atoms with E-state index in [0.29, 0.717) is 11.3 Å². The number of hydrogen-bond donors (Lipinski definition) is 0. The normalized spacial score (nSPS) is 10.8. The highest BCUT2D eigenvalue weighted by Gasteiger charge is 2.22. The maximum Gasteiger partial charge on any atom is 0.357 e. The highest BCUT2D eigenvalue weighted by molar-refractivity contribution is 6.29. The van der Waals surface area contributed by atoms with Crippen molar-refractivity contribution in [3.05, 3.63) is 63.6 Å². The Morgan fingerprint density at radius 3 is 2.64 bits per heavy atom. The Hall–Kier alpha value is -2.80. The topological polar surface area (TPSA) is 74.8 Å². The molecule has 2 aromatic heterocycles. The highest BCUT2D eigenvalue weighted by Crippen LogP contribution is 2.17. The molecule has 0 saturated heterocycles. The third kappa shape index (κ3) is 3.23. The van der Waals surface area contributed by atoms with E-state index in [1.54, 1.807) is 26.2 Å². The van der Waals surface area contributed by atoms with E-state index in [1.807, 2.05) is 12.1 Å². The lowest BCUT2D eigenvalue weighted by molar-refractivity contribution is 0.0516. The monoisotopic (exact) mass is 361 g/mol. The molecule has 0 amide bonds. The Kier molecular flexibility index (Phi) is 4.76. The SMILES string of the molecule is CCOC(=O)c1c2cnc(Cl)cn2c(=O)n1Cc1ccc(OC)cc1. The van der Waals surface area contributed by atoms with Gasteiger partial charge in [0.1, 0.15) is 10.9 Å². The molecule has 25 heavy (non-hydrogen) atoms. The lowest BCUT2D eigenvalue weighted by Gasteiger charge is -2.08. The molecule has 1 aromatic carbocycles. The first kappa shape index (κ1) is 17.0. The zero-order valence-electron chi connectivity index (χ0n) is 13.7. The first-order valence-electron chi connectivity index (χ1n) is 7.61. The van der Waals surface area contributed by atoms with Crippen LogP contribution < -0.4 is 10.4 Å². The minimum Gasteiger partial charge on any atom is -0.497 e. The van der Waals surface area contributed by atoms with Gasteiger partial charge in [-0.25, -0.2) is 14.6 Å². The summed E-state index contributed by atoms with van der Waals surface area (Å²) in [6, 6.07) is 7.23. The van der Waals surface area contributed by atoms with Crippen LogP contribution in [0.1, 0.15) is 23.0 Å². The minimum absolute atomic E-state index is 0.145. The summed E-state index contributed by atoms with van der Waals surface area (Å²) in [4.78, 5) is 29.1. The van der Waals surface area contributed by atoms with Gasteiger partial charge in [0, 0.05) is 0 Å². The molecule has 0 radical (unpaired) electrons. The summed E-state index contributed by atoms with van der Waals surface area (Å²) in [5.74, 6) is 0.125. The second-order valence-corrected chi connectivity index (χ2v) is 5.64. The number of carbonyl (C=O) groups excluding carboxylic acids is 1. The Labute approximate surface area is 148 Å². The molecular formula is C17H16ClN3O4. The molecule has 0 saturated carbocycles. The van der Waals surface area contributed by atoms with E-state index in [4.69, 9.17) is 21.1 Å². The van der Waals surface area contributed by atoms with Crippen molar-refractivity contribution in [3.8, 4) is 5.75 Å². The van der Waals surface area contributed by atoms with E-state index < -0.39 is 11.7 Å². The van der Waals surface area contributed by atoms with Gasteiger partial charge in [-0.1, -0.05) is 23.7 Å². The van der Waals surface area contributed by atoms with Gasteiger partial charge in [0.2, 0.25) is 0 Å². The molecule has 7 nitrogen and oxygen atoms in total. The number of methoxy groups -OCH3 is 1. The fourth-order valence-corrected chi connectivity index (χ4v) is 2.71. The number of rotatable bonds is 5. The smallest absolute Gasteiger partial charge is 0.357 e. The number of benzene rings is 1. The molecule has 2 heterocycles. The fraction of sp³-hybridized carbons (Fsp3) is 0.235. The number of esters is 1. The molecule has 0 bridgehead atoms. The molecule has 0 atom stereocenters. The quantitative estimate of drug-likeness (QED) is 0.652. The number of carbonyl (C=O) groups is 1. The van der Waals surface area contributed by atoms with Gasteiger partial charge < -0.3 is 9.47 Å². The van der Waals surface area contributed by atoms with E-state index in [9.17, 15) is 9.59 Å². The third-order valence-corrected chi connectivity index (χ3v) is 3.92. The second-order valence-electron chi connectivity index (χ2n) is 5.25. The molecule has 3 rings (SSSR count). The molecule has 8 heteroatoms. The molecule has 0 unspecified atom stereocenters. The predicted octanol–water partition coefficient (Wildman–Crippen LogP) is 2.38. The van der Waals surface area contributed by atoms with Crippen molar-refractivity contribution < 1.29 is 14.3 Å². The number of ether oxygens (including phenoxy) is 2. The molecule has 0 aliphatic carbocycles. The van der Waals surface area contributed by atoms with Crippen LogP contribution in [0.2, 0.25) is 5.15 Å². The molecule has 0 fully saturated rings. The van der Waals surface area contributed by atoms with Crippen LogP contribution in [0.5, 0.6) is 5.75 Å². The lowest BCUT2D eigenvalue weighted by Crippen LogP contribution is -2.24. The maximum atomic E-state index is 12.7. The Morgan fingerprint density at radius 2 is 2.00 bits per heavy atom. The van der Waals surface area contributed by atoms with Crippen molar-refractivity contribution in [2.45, 2.75) is 13.5 Å². The number of imidazole rings is 1. The van der Waals surface area contributed by atoms with E-state index in [2.05, 4.69) is 4.98 Å². The van der Waals surface area contributed by atoms with Gasteiger partial charge in [-0.3, -0.25) is 8.97 Å². The van der Waals surface area contributed by atoms with Crippen LogP contribution in [-0.4, -0.2) is 33.6 Å². The van der Waals surface area contributed by atoms with Gasteiger partial charge in [0.05, 0.1) is 38.2 Å². The molecule has 0 spiro atoms. The molecule has 0 aliphatic heterocycles. The summed E-state index contributed by atoms with van der Waals surface area (Å²) in [6.07, 6.45) is 2.77. The van der Waals surface area contributed by atoms with Crippen molar-refractivity contribution in [2.24, 2.45) is 0 Å². The summed E-state index contributed by atoms with van der Waals surface area (Å²) in [5.41, 5.74) is 0.940. The summed E-state index contributed by atoms with van der Waals surface area (Å²) in [7, 11) is 1.58. The van der Waals surface area contributed by atoms with Crippen molar-refractivity contribution in [3.63, 3.8) is 0 Å². The predicted molar refractivity (Wildman–Crippen MR) is 92.5 cm³/mol. The highest BCUT2D eigenvalue weighted by atomic mass is 35.5. The fourth-order valence-electron chi connectivity index (χ4n) is 2.57. The lowest BCUT2D eigenvalue weighted by atomic mass is 10.2. The van der Waals surface area contributed by atoms with Crippen LogP contribution in [-0.2, 0) is 11.3 Å². The molecular weight excluding hydrogens is 346 g/mol. The summed E-state index contributed by atoms with van der Waals surface area (Å²) >= 11 is 5.88. The first-order chi connectivity index (χ1) is 12.0. The summed E-state index contributed by atoms with van der Waals surface area (Å²) in [6.45, 7) is 2.11. The standard InChI is InChI=1S/C17H16ClN3O4/c1-3-25-16(22)15-13-8-19-14(18)10-20(13)17(23)21(15)9-11-4-6-12(24-2)7-5-11/h4-8,10H,3,9H2,1-2H3. The maximum absolute atomic E-state index is 12.7. The van der Waals surface area contributed by atoms with Crippen LogP contribution in [0.3, 0.4) is 0 Å². The van der Waals surface area contributed by atoms with Gasteiger partial charge >= 0.3 is 11.7 Å². The van der Waals surface area contributed by atoms with Crippen LogP contribution in [0.15, 0.2) is 41.5 Å². The molecule has 0 N–H and O–H groups in total. The van der Waals surface area contributed by atoms with Crippen LogP contribution >= 0.6 is 11.6 Å². The summed E-state index contributed by atoms with van der Waals surface area (Å²) in [5, 5.41) is 0.159. The first-order valence-corrected chi connectivity index (χ1v) is 7.99. The van der Waals surface area contributed by atoms with Crippen LogP contribution in [0, 0.1) is 0 Å². The van der Waals surface area contributed by atoms with Gasteiger partial charge in [0.25, 0.3) is 0 Å². The number of hydrogen-bond acceptors (Lipinski definition) is 5. The second kappa shape index (κ2) is 6.98. The van der Waals surface area contributed by atoms with Crippen LogP contribution in [0.4, 0.5) is 0 Å². The number of nitrogens with zero attached hydrogens (tertiary/aromatic N) is 3. The van der Waals surface area contributed by atoms with Gasteiger partial charge in [-0.05, 0) is 24.6 Å². The van der Waals surface area contributed by atoms with Crippen molar-refractivity contribution in [2.75, 3.05) is 13.7 Å². The minimum atomic E-state index is -0.584.